The first-order chi connectivity index (χ1) is 8.59. The number of carbonyl (C=O) groups excluding carboxylic acids is 1. The maximum atomic E-state index is 12.6. The van der Waals surface area contributed by atoms with Crippen molar-refractivity contribution in [2.24, 2.45) is 5.41 Å². The van der Waals surface area contributed by atoms with Crippen molar-refractivity contribution in [3.05, 3.63) is 35.9 Å². The van der Waals surface area contributed by atoms with E-state index in [1.165, 1.54) is 5.56 Å². The zero-order valence-electron chi connectivity index (χ0n) is 13.1. The molecule has 0 amide bonds. The van der Waals surface area contributed by atoms with E-state index < -0.39 is 0 Å². The second kappa shape index (κ2) is 5.87. The van der Waals surface area contributed by atoms with Crippen molar-refractivity contribution >= 4 is 5.78 Å². The Morgan fingerprint density at radius 3 is 2.00 bits per heavy atom. The minimum Gasteiger partial charge on any atom is -0.302 e. The van der Waals surface area contributed by atoms with Gasteiger partial charge >= 0.3 is 0 Å². The van der Waals surface area contributed by atoms with E-state index >= 15 is 0 Å². The molecule has 19 heavy (non-hydrogen) atoms. The van der Waals surface area contributed by atoms with Gasteiger partial charge in [0.15, 0.2) is 5.78 Å². The maximum Gasteiger partial charge on any atom is 0.155 e. The molecule has 0 aliphatic rings. The molecule has 2 heteroatoms. The van der Waals surface area contributed by atoms with Gasteiger partial charge in [-0.2, -0.15) is 0 Å². The Labute approximate surface area is 117 Å². The summed E-state index contributed by atoms with van der Waals surface area (Å²) in [5.41, 5.74) is 0.805. The summed E-state index contributed by atoms with van der Waals surface area (Å²) in [5.74, 6) is 0.270. The first-order valence-electron chi connectivity index (χ1n) is 6.95. The summed E-state index contributed by atoms with van der Waals surface area (Å²) in [6, 6.07) is 10.1. The topological polar surface area (TPSA) is 29.1 Å². The number of ketones is 1. The lowest BCUT2D eigenvalue weighted by Gasteiger charge is -2.32. The third kappa shape index (κ3) is 5.56. The Kier molecular flexibility index (Phi) is 4.92. The van der Waals surface area contributed by atoms with Crippen LogP contribution in [0, 0.1) is 5.41 Å². The number of hydrogen-bond acceptors (Lipinski definition) is 2. The first-order valence-corrected chi connectivity index (χ1v) is 6.95. The lowest BCUT2D eigenvalue weighted by molar-refractivity contribution is -0.128. The van der Waals surface area contributed by atoms with Crippen molar-refractivity contribution in [2.45, 2.75) is 59.5 Å². The average Bonchev–Trinajstić information content (AvgIpc) is 2.25. The molecule has 1 N–H and O–H groups in total. The SMILES string of the molecule is CC(C)(C)N[C@H](Cc1ccccc1)C(=O)C(C)(C)C. The molecule has 1 aromatic carbocycles. The lowest BCUT2D eigenvalue weighted by Crippen LogP contribution is -2.51. The minimum absolute atomic E-state index is 0.0691. The Balaban J connectivity index is 2.90. The van der Waals surface area contributed by atoms with Crippen LogP contribution in [0.1, 0.15) is 47.1 Å². The van der Waals surface area contributed by atoms with Gasteiger partial charge in [-0.15, -0.1) is 0 Å². The monoisotopic (exact) mass is 261 g/mol. The van der Waals surface area contributed by atoms with E-state index in [0.717, 1.165) is 6.42 Å². The molecular formula is C17H27NO. The Morgan fingerprint density at radius 1 is 1.05 bits per heavy atom. The van der Waals surface area contributed by atoms with Gasteiger partial charge in [0.25, 0.3) is 0 Å². The molecule has 0 heterocycles. The van der Waals surface area contributed by atoms with Crippen LogP contribution in [-0.2, 0) is 11.2 Å². The zero-order valence-corrected chi connectivity index (χ0v) is 13.1. The van der Waals surface area contributed by atoms with Gasteiger partial charge in [0.1, 0.15) is 0 Å². The molecular weight excluding hydrogens is 234 g/mol. The van der Waals surface area contributed by atoms with Crippen LogP contribution in [0.15, 0.2) is 30.3 Å². The largest absolute Gasteiger partial charge is 0.302 e. The van der Waals surface area contributed by atoms with Gasteiger partial charge < -0.3 is 5.32 Å². The predicted octanol–water partition coefficient (Wildman–Crippen LogP) is 3.60. The highest BCUT2D eigenvalue weighted by Gasteiger charge is 2.31. The first kappa shape index (κ1) is 15.9. The van der Waals surface area contributed by atoms with Crippen LogP contribution in [0.2, 0.25) is 0 Å². The summed E-state index contributed by atoms with van der Waals surface area (Å²) in [5, 5.41) is 3.46. The summed E-state index contributed by atoms with van der Waals surface area (Å²) < 4.78 is 0. The second-order valence-corrected chi connectivity index (χ2v) is 7.25. The number of hydrogen-bond donors (Lipinski definition) is 1. The molecule has 0 aromatic heterocycles. The van der Waals surface area contributed by atoms with Crippen molar-refractivity contribution in [2.75, 3.05) is 0 Å². The third-order valence-corrected chi connectivity index (χ3v) is 2.95. The van der Waals surface area contributed by atoms with Crippen LogP contribution in [0.5, 0.6) is 0 Å². The molecule has 1 atom stereocenters. The van der Waals surface area contributed by atoms with E-state index in [0.29, 0.717) is 0 Å². The molecule has 106 valence electrons. The predicted molar refractivity (Wildman–Crippen MR) is 81.3 cm³/mol. The summed E-state index contributed by atoms with van der Waals surface area (Å²) >= 11 is 0. The molecule has 0 saturated heterocycles. The maximum absolute atomic E-state index is 12.6. The minimum atomic E-state index is -0.322. The van der Waals surface area contributed by atoms with Crippen molar-refractivity contribution in [3.8, 4) is 0 Å². The lowest BCUT2D eigenvalue weighted by atomic mass is 9.83. The van der Waals surface area contributed by atoms with Crippen molar-refractivity contribution in [1.82, 2.24) is 5.32 Å². The second-order valence-electron chi connectivity index (χ2n) is 7.25. The van der Waals surface area contributed by atoms with Gasteiger partial charge in [-0.25, -0.2) is 0 Å². The molecule has 0 fully saturated rings. The van der Waals surface area contributed by atoms with E-state index in [1.807, 2.05) is 39.0 Å². The number of nitrogens with one attached hydrogen (secondary N) is 1. The van der Waals surface area contributed by atoms with Gasteiger partial charge in [-0.05, 0) is 32.8 Å². The average molecular weight is 261 g/mol. The van der Waals surface area contributed by atoms with Crippen LogP contribution >= 0.6 is 0 Å². The van der Waals surface area contributed by atoms with E-state index in [1.54, 1.807) is 0 Å². The zero-order chi connectivity index (χ0) is 14.7. The highest BCUT2D eigenvalue weighted by molar-refractivity contribution is 5.89. The molecule has 1 aromatic rings. The highest BCUT2D eigenvalue weighted by atomic mass is 16.1. The van der Waals surface area contributed by atoms with Gasteiger partial charge in [-0.1, -0.05) is 51.1 Å². The third-order valence-electron chi connectivity index (χ3n) is 2.95. The summed E-state index contributed by atoms with van der Waals surface area (Å²) in [6.45, 7) is 12.2. The molecule has 0 spiro atoms. The highest BCUT2D eigenvalue weighted by Crippen LogP contribution is 2.20. The van der Waals surface area contributed by atoms with E-state index in [9.17, 15) is 4.79 Å². The molecule has 0 saturated carbocycles. The normalized spacial score (nSPS) is 14.2. The van der Waals surface area contributed by atoms with Crippen molar-refractivity contribution in [1.29, 1.82) is 0 Å². The van der Waals surface area contributed by atoms with Gasteiger partial charge in [0, 0.05) is 11.0 Å². The molecule has 2 nitrogen and oxygen atoms in total. The number of carbonyl (C=O) groups is 1. The quantitative estimate of drug-likeness (QED) is 0.897. The Bertz CT molecular complexity index is 409. The summed E-state index contributed by atoms with van der Waals surface area (Å²) in [6.07, 6.45) is 0.744. The fourth-order valence-corrected chi connectivity index (χ4v) is 2.10. The summed E-state index contributed by atoms with van der Waals surface area (Å²) in [4.78, 5) is 12.6. The molecule has 1 rings (SSSR count). The van der Waals surface area contributed by atoms with Gasteiger partial charge in [0.2, 0.25) is 0 Å². The van der Waals surface area contributed by atoms with E-state index in [2.05, 4.69) is 38.2 Å². The number of benzene rings is 1. The standard InChI is InChI=1S/C17H27NO/c1-16(2,3)15(19)14(18-17(4,5)6)12-13-10-8-7-9-11-13/h7-11,14,18H,12H2,1-6H3/t14-/m1/s1. The smallest absolute Gasteiger partial charge is 0.155 e. The van der Waals surface area contributed by atoms with Crippen LogP contribution in [-0.4, -0.2) is 17.4 Å². The van der Waals surface area contributed by atoms with Gasteiger partial charge in [0.05, 0.1) is 6.04 Å². The van der Waals surface area contributed by atoms with Crippen molar-refractivity contribution in [3.63, 3.8) is 0 Å². The Hall–Kier alpha value is -1.15. The molecule has 0 unspecified atom stereocenters. The van der Waals surface area contributed by atoms with Crippen LogP contribution < -0.4 is 5.32 Å². The van der Waals surface area contributed by atoms with Gasteiger partial charge in [-0.3, -0.25) is 4.79 Å². The summed E-state index contributed by atoms with van der Waals surface area (Å²) in [7, 11) is 0. The fourth-order valence-electron chi connectivity index (χ4n) is 2.10. The van der Waals surface area contributed by atoms with E-state index in [4.69, 9.17) is 0 Å². The van der Waals surface area contributed by atoms with Crippen LogP contribution in [0.25, 0.3) is 0 Å². The molecule has 0 aliphatic carbocycles. The van der Waals surface area contributed by atoms with Crippen LogP contribution in [0.3, 0.4) is 0 Å². The Morgan fingerprint density at radius 2 is 1.58 bits per heavy atom. The van der Waals surface area contributed by atoms with Crippen molar-refractivity contribution < 1.29 is 4.79 Å². The van der Waals surface area contributed by atoms with Crippen LogP contribution in [0.4, 0.5) is 0 Å². The number of Topliss-reactive ketones (excluding diaryl/α,β-unsaturated/α-hetero) is 1. The molecule has 0 aliphatic heterocycles. The fraction of sp³-hybridized carbons (Fsp3) is 0.588. The number of rotatable bonds is 4. The van der Waals surface area contributed by atoms with E-state index in [-0.39, 0.29) is 22.8 Å². The molecule has 0 radical (unpaired) electrons. The molecule has 0 bridgehead atoms.